The third-order valence-electron chi connectivity index (χ3n) is 4.41. The van der Waals surface area contributed by atoms with Crippen LogP contribution < -0.4 is 10.6 Å². The van der Waals surface area contributed by atoms with Gasteiger partial charge in [0.25, 0.3) is 0 Å². The number of unbranched alkanes of at least 4 members (excludes halogenated alkanes) is 2. The molecule has 5 nitrogen and oxygen atoms in total. The first-order valence-electron chi connectivity index (χ1n) is 9.72. The standard InChI is InChI=1S/C23H26N4O/c1-3-4-8-15-24-21-16-22(25-20-13-11-18(12-14-20)17(2)28)27-23(26-21)19-9-6-5-7-10-19/h5-7,9-14,16H,3-4,8,15H2,1-2H3,(H2,24,25,26,27). The second kappa shape index (κ2) is 9.65. The largest absolute Gasteiger partial charge is 0.370 e. The molecule has 3 aromatic rings. The minimum atomic E-state index is 0.0542. The van der Waals surface area contributed by atoms with E-state index in [1.54, 1.807) is 6.92 Å². The van der Waals surface area contributed by atoms with Crippen molar-refractivity contribution in [3.05, 3.63) is 66.2 Å². The third-order valence-corrected chi connectivity index (χ3v) is 4.41. The molecular weight excluding hydrogens is 348 g/mol. The Bertz CT molecular complexity index is 908. The van der Waals surface area contributed by atoms with Crippen LogP contribution in [0.2, 0.25) is 0 Å². The lowest BCUT2D eigenvalue weighted by Gasteiger charge is -2.12. The number of hydrogen-bond acceptors (Lipinski definition) is 5. The first-order valence-corrected chi connectivity index (χ1v) is 9.72. The molecule has 0 aliphatic rings. The van der Waals surface area contributed by atoms with Gasteiger partial charge in [-0.05, 0) is 37.6 Å². The summed E-state index contributed by atoms with van der Waals surface area (Å²) in [5.41, 5.74) is 2.53. The zero-order chi connectivity index (χ0) is 19.8. The predicted octanol–water partition coefficient (Wildman–Crippen LogP) is 5.69. The lowest BCUT2D eigenvalue weighted by Crippen LogP contribution is -2.06. The van der Waals surface area contributed by atoms with Crippen LogP contribution in [-0.4, -0.2) is 22.3 Å². The highest BCUT2D eigenvalue weighted by Gasteiger charge is 2.08. The van der Waals surface area contributed by atoms with Crippen molar-refractivity contribution in [2.45, 2.75) is 33.1 Å². The monoisotopic (exact) mass is 374 g/mol. The average Bonchev–Trinajstić information content (AvgIpc) is 2.72. The Morgan fingerprint density at radius 3 is 2.32 bits per heavy atom. The number of ketones is 1. The maximum atomic E-state index is 11.5. The summed E-state index contributed by atoms with van der Waals surface area (Å²) in [6.07, 6.45) is 3.48. The van der Waals surface area contributed by atoms with Crippen molar-refractivity contribution in [1.82, 2.24) is 9.97 Å². The molecule has 0 spiro atoms. The molecule has 0 radical (unpaired) electrons. The normalized spacial score (nSPS) is 10.5. The van der Waals surface area contributed by atoms with Crippen molar-refractivity contribution >= 4 is 23.1 Å². The van der Waals surface area contributed by atoms with Crippen molar-refractivity contribution in [3.63, 3.8) is 0 Å². The Balaban J connectivity index is 1.84. The Morgan fingerprint density at radius 1 is 0.929 bits per heavy atom. The summed E-state index contributed by atoms with van der Waals surface area (Å²) in [5, 5.41) is 6.72. The Morgan fingerprint density at radius 2 is 1.64 bits per heavy atom. The van der Waals surface area contributed by atoms with Gasteiger partial charge in [-0.3, -0.25) is 4.79 Å². The van der Waals surface area contributed by atoms with E-state index in [1.807, 2.05) is 60.7 Å². The number of benzene rings is 2. The number of Topliss-reactive ketones (excluding diaryl/α,β-unsaturated/α-hetero) is 1. The van der Waals surface area contributed by atoms with Gasteiger partial charge < -0.3 is 10.6 Å². The molecule has 0 saturated carbocycles. The topological polar surface area (TPSA) is 66.9 Å². The molecule has 2 aromatic carbocycles. The molecule has 0 amide bonds. The Labute approximate surface area is 166 Å². The summed E-state index contributed by atoms with van der Waals surface area (Å²) in [6, 6.07) is 19.3. The minimum absolute atomic E-state index is 0.0542. The maximum Gasteiger partial charge on any atom is 0.163 e. The first-order chi connectivity index (χ1) is 13.7. The summed E-state index contributed by atoms with van der Waals surface area (Å²) < 4.78 is 0. The van der Waals surface area contributed by atoms with Crippen molar-refractivity contribution in [2.75, 3.05) is 17.2 Å². The van der Waals surface area contributed by atoms with Crippen LogP contribution in [-0.2, 0) is 0 Å². The molecule has 28 heavy (non-hydrogen) atoms. The van der Waals surface area contributed by atoms with Gasteiger partial charge >= 0.3 is 0 Å². The van der Waals surface area contributed by atoms with Gasteiger partial charge in [-0.1, -0.05) is 50.1 Å². The smallest absolute Gasteiger partial charge is 0.163 e. The van der Waals surface area contributed by atoms with E-state index in [4.69, 9.17) is 0 Å². The average molecular weight is 374 g/mol. The minimum Gasteiger partial charge on any atom is -0.370 e. The zero-order valence-corrected chi connectivity index (χ0v) is 16.4. The van der Waals surface area contributed by atoms with Crippen LogP contribution in [0.5, 0.6) is 0 Å². The number of carbonyl (C=O) groups is 1. The number of nitrogens with one attached hydrogen (secondary N) is 2. The molecule has 0 aliphatic carbocycles. The van der Waals surface area contributed by atoms with Gasteiger partial charge in [0.15, 0.2) is 11.6 Å². The number of carbonyl (C=O) groups excluding carboxylic acids is 1. The van der Waals surface area contributed by atoms with Gasteiger partial charge in [-0.15, -0.1) is 0 Å². The molecule has 0 atom stereocenters. The van der Waals surface area contributed by atoms with Crippen molar-refractivity contribution in [3.8, 4) is 11.4 Å². The van der Waals surface area contributed by atoms with E-state index in [1.165, 1.54) is 12.8 Å². The fraction of sp³-hybridized carbons (Fsp3) is 0.261. The van der Waals surface area contributed by atoms with Crippen LogP contribution in [0, 0.1) is 0 Å². The van der Waals surface area contributed by atoms with Crippen LogP contribution in [0.25, 0.3) is 11.4 Å². The molecule has 0 bridgehead atoms. The van der Waals surface area contributed by atoms with E-state index < -0.39 is 0 Å². The van der Waals surface area contributed by atoms with E-state index >= 15 is 0 Å². The van der Waals surface area contributed by atoms with E-state index in [2.05, 4.69) is 27.5 Å². The van der Waals surface area contributed by atoms with E-state index in [0.717, 1.165) is 30.0 Å². The molecule has 2 N–H and O–H groups in total. The summed E-state index contributed by atoms with van der Waals surface area (Å²) >= 11 is 0. The number of aromatic nitrogens is 2. The van der Waals surface area contributed by atoms with E-state index in [9.17, 15) is 4.79 Å². The van der Waals surface area contributed by atoms with Crippen molar-refractivity contribution in [2.24, 2.45) is 0 Å². The van der Waals surface area contributed by atoms with Gasteiger partial charge in [0.05, 0.1) is 0 Å². The van der Waals surface area contributed by atoms with Gasteiger partial charge in [0.1, 0.15) is 11.6 Å². The molecule has 0 aliphatic heterocycles. The summed E-state index contributed by atoms with van der Waals surface area (Å²) in [5.74, 6) is 2.23. The van der Waals surface area contributed by atoms with Crippen LogP contribution in [0.3, 0.4) is 0 Å². The second-order valence-corrected chi connectivity index (χ2v) is 6.72. The fourth-order valence-corrected chi connectivity index (χ4v) is 2.85. The van der Waals surface area contributed by atoms with E-state index in [-0.39, 0.29) is 5.78 Å². The molecule has 3 rings (SSSR count). The molecule has 144 valence electrons. The molecule has 0 fully saturated rings. The SMILES string of the molecule is CCCCCNc1cc(Nc2ccc(C(C)=O)cc2)nc(-c2ccccc2)n1. The number of nitrogens with zero attached hydrogens (tertiary/aromatic N) is 2. The van der Waals surface area contributed by atoms with Crippen molar-refractivity contribution in [1.29, 1.82) is 0 Å². The van der Waals surface area contributed by atoms with Gasteiger partial charge in [0, 0.05) is 29.4 Å². The Kier molecular flexibility index (Phi) is 6.73. The lowest BCUT2D eigenvalue weighted by molar-refractivity contribution is 0.101. The summed E-state index contributed by atoms with van der Waals surface area (Å²) in [4.78, 5) is 20.8. The van der Waals surface area contributed by atoms with Crippen LogP contribution in [0.1, 0.15) is 43.5 Å². The molecule has 1 heterocycles. The second-order valence-electron chi connectivity index (χ2n) is 6.72. The number of rotatable bonds is 9. The third kappa shape index (κ3) is 5.39. The molecule has 0 saturated heterocycles. The number of anilines is 3. The molecule has 0 unspecified atom stereocenters. The van der Waals surface area contributed by atoms with Gasteiger partial charge in [-0.2, -0.15) is 0 Å². The highest BCUT2D eigenvalue weighted by atomic mass is 16.1. The van der Waals surface area contributed by atoms with Crippen LogP contribution >= 0.6 is 0 Å². The lowest BCUT2D eigenvalue weighted by atomic mass is 10.1. The summed E-state index contributed by atoms with van der Waals surface area (Å²) in [7, 11) is 0. The predicted molar refractivity (Wildman–Crippen MR) is 115 cm³/mol. The molecule has 5 heteroatoms. The van der Waals surface area contributed by atoms with E-state index in [0.29, 0.717) is 17.2 Å². The molecular formula is C23H26N4O. The quantitative estimate of drug-likeness (QED) is 0.372. The Hall–Kier alpha value is -3.21. The fourth-order valence-electron chi connectivity index (χ4n) is 2.85. The highest BCUT2D eigenvalue weighted by Crippen LogP contribution is 2.23. The number of hydrogen-bond donors (Lipinski definition) is 2. The van der Waals surface area contributed by atoms with Crippen LogP contribution in [0.15, 0.2) is 60.7 Å². The zero-order valence-electron chi connectivity index (χ0n) is 16.4. The molecule has 1 aromatic heterocycles. The highest BCUT2D eigenvalue weighted by molar-refractivity contribution is 5.94. The van der Waals surface area contributed by atoms with Crippen LogP contribution in [0.4, 0.5) is 17.3 Å². The summed E-state index contributed by atoms with van der Waals surface area (Å²) in [6.45, 7) is 4.64. The van der Waals surface area contributed by atoms with Gasteiger partial charge in [-0.25, -0.2) is 9.97 Å². The van der Waals surface area contributed by atoms with Crippen molar-refractivity contribution < 1.29 is 4.79 Å². The first kappa shape index (κ1) is 19.5. The van der Waals surface area contributed by atoms with Gasteiger partial charge in [0.2, 0.25) is 0 Å². The maximum absolute atomic E-state index is 11.5.